The fourth-order valence-corrected chi connectivity index (χ4v) is 3.81. The van der Waals surface area contributed by atoms with E-state index >= 15 is 0 Å². The zero-order chi connectivity index (χ0) is 19.8. The topological polar surface area (TPSA) is 87.8 Å². The summed E-state index contributed by atoms with van der Waals surface area (Å²) in [4.78, 5) is 25.6. The molecule has 2 aliphatic rings. The Morgan fingerprint density at radius 1 is 1.30 bits per heavy atom. The lowest BCUT2D eigenvalue weighted by Crippen LogP contribution is -2.35. The number of nitrogens with two attached hydrogens (primary N) is 1. The first-order valence-corrected chi connectivity index (χ1v) is 9.03. The monoisotopic (exact) mass is 371 g/mol. The second-order valence-corrected chi connectivity index (χ2v) is 7.55. The van der Waals surface area contributed by atoms with E-state index in [1.54, 1.807) is 0 Å². The van der Waals surface area contributed by atoms with Crippen LogP contribution in [0.3, 0.4) is 0 Å². The van der Waals surface area contributed by atoms with E-state index in [4.69, 9.17) is 19.9 Å². The van der Waals surface area contributed by atoms with Crippen LogP contribution in [0.1, 0.15) is 45.1 Å². The van der Waals surface area contributed by atoms with E-state index in [9.17, 15) is 9.59 Å². The maximum atomic E-state index is 13.1. The van der Waals surface area contributed by atoms with Gasteiger partial charge in [-0.05, 0) is 18.4 Å². The molecule has 6 heteroatoms. The summed E-state index contributed by atoms with van der Waals surface area (Å²) in [7, 11) is 1.28. The lowest BCUT2D eigenvalue weighted by Gasteiger charge is -2.38. The van der Waals surface area contributed by atoms with Crippen molar-refractivity contribution < 1.29 is 23.8 Å². The first kappa shape index (κ1) is 19.0. The smallest absolute Gasteiger partial charge is 0.340 e. The zero-order valence-corrected chi connectivity index (χ0v) is 16.1. The summed E-state index contributed by atoms with van der Waals surface area (Å²) in [5, 5.41) is 0. The van der Waals surface area contributed by atoms with E-state index in [2.05, 4.69) is 0 Å². The van der Waals surface area contributed by atoms with E-state index in [1.165, 1.54) is 7.11 Å². The summed E-state index contributed by atoms with van der Waals surface area (Å²) in [5.74, 6) is -0.238. The quantitative estimate of drug-likeness (QED) is 0.818. The van der Waals surface area contributed by atoms with E-state index in [1.807, 2.05) is 45.0 Å². The Kier molecular flexibility index (Phi) is 5.00. The van der Waals surface area contributed by atoms with Crippen molar-refractivity contribution in [3.8, 4) is 5.75 Å². The maximum absolute atomic E-state index is 13.1. The molecule has 0 fully saturated rings. The van der Waals surface area contributed by atoms with Gasteiger partial charge >= 0.3 is 5.97 Å². The van der Waals surface area contributed by atoms with Crippen molar-refractivity contribution in [3.63, 3.8) is 0 Å². The molecule has 3 rings (SSSR count). The van der Waals surface area contributed by atoms with Gasteiger partial charge in [0, 0.05) is 24.0 Å². The molecule has 144 valence electrons. The van der Waals surface area contributed by atoms with Crippen LogP contribution in [0.25, 0.3) is 0 Å². The molecule has 1 aromatic carbocycles. The number of ether oxygens (including phenoxy) is 3. The number of carbonyl (C=O) groups is 2. The zero-order valence-electron chi connectivity index (χ0n) is 16.1. The Hall–Kier alpha value is -2.76. The van der Waals surface area contributed by atoms with Crippen molar-refractivity contribution in [3.05, 3.63) is 52.6 Å². The maximum Gasteiger partial charge on any atom is 0.340 e. The van der Waals surface area contributed by atoms with Crippen molar-refractivity contribution >= 4 is 11.8 Å². The number of rotatable bonds is 4. The molecule has 1 aliphatic carbocycles. The molecule has 0 spiro atoms. The molecule has 0 aromatic heterocycles. The number of allylic oxidation sites excluding steroid dienone is 2. The summed E-state index contributed by atoms with van der Waals surface area (Å²) in [6.07, 6.45) is 0.938. The Labute approximate surface area is 159 Å². The van der Waals surface area contributed by atoms with Crippen molar-refractivity contribution in [1.29, 1.82) is 0 Å². The molecular formula is C21H25NO5. The molecule has 0 bridgehead atoms. The summed E-state index contributed by atoms with van der Waals surface area (Å²) < 4.78 is 16.4. The van der Waals surface area contributed by atoms with Crippen LogP contribution in [-0.2, 0) is 19.1 Å². The van der Waals surface area contributed by atoms with Crippen LogP contribution in [0.4, 0.5) is 0 Å². The number of para-hydroxylation sites is 1. The average Bonchev–Trinajstić information content (AvgIpc) is 2.59. The molecule has 27 heavy (non-hydrogen) atoms. The van der Waals surface area contributed by atoms with Gasteiger partial charge in [-0.1, -0.05) is 32.0 Å². The van der Waals surface area contributed by atoms with E-state index in [-0.39, 0.29) is 22.7 Å². The SMILES string of the molecule is CCOc1ccccc1[C@H]1C(C(=O)OC)=C(N)OC2=C1C(=O)CC(C)(C)C2. The lowest BCUT2D eigenvalue weighted by atomic mass is 9.70. The van der Waals surface area contributed by atoms with Gasteiger partial charge in [0.2, 0.25) is 5.88 Å². The number of benzene rings is 1. The number of hydrogen-bond acceptors (Lipinski definition) is 6. The van der Waals surface area contributed by atoms with E-state index in [0.29, 0.717) is 42.1 Å². The predicted octanol–water partition coefficient (Wildman–Crippen LogP) is 3.19. The number of carbonyl (C=O) groups excluding carboxylic acids is 2. The van der Waals surface area contributed by atoms with Crippen molar-refractivity contribution in [1.82, 2.24) is 0 Å². The average molecular weight is 371 g/mol. The number of Topliss-reactive ketones (excluding diaryl/α,β-unsaturated/α-hetero) is 1. The predicted molar refractivity (Wildman–Crippen MR) is 99.7 cm³/mol. The van der Waals surface area contributed by atoms with Crippen LogP contribution >= 0.6 is 0 Å². The molecule has 1 heterocycles. The van der Waals surface area contributed by atoms with Gasteiger partial charge in [0.05, 0.1) is 19.6 Å². The van der Waals surface area contributed by atoms with Crippen LogP contribution in [0.15, 0.2) is 47.1 Å². The largest absolute Gasteiger partial charge is 0.494 e. The van der Waals surface area contributed by atoms with Crippen LogP contribution in [0.5, 0.6) is 5.75 Å². The molecule has 0 unspecified atom stereocenters. The highest BCUT2D eigenvalue weighted by atomic mass is 16.5. The first-order chi connectivity index (χ1) is 12.8. The molecule has 2 N–H and O–H groups in total. The Bertz CT molecular complexity index is 850. The van der Waals surface area contributed by atoms with Crippen molar-refractivity contribution in [2.45, 2.75) is 39.5 Å². The summed E-state index contributed by atoms with van der Waals surface area (Å²) in [6.45, 7) is 6.36. The minimum atomic E-state index is -0.674. The van der Waals surface area contributed by atoms with Crippen LogP contribution in [0.2, 0.25) is 0 Å². The summed E-state index contributed by atoms with van der Waals surface area (Å²) >= 11 is 0. The van der Waals surface area contributed by atoms with Gasteiger partial charge in [0.15, 0.2) is 5.78 Å². The third-order valence-corrected chi connectivity index (χ3v) is 4.89. The number of esters is 1. The molecule has 1 aromatic rings. The molecule has 6 nitrogen and oxygen atoms in total. The Morgan fingerprint density at radius 2 is 2.00 bits per heavy atom. The Morgan fingerprint density at radius 3 is 2.67 bits per heavy atom. The fourth-order valence-electron chi connectivity index (χ4n) is 3.81. The van der Waals surface area contributed by atoms with Gasteiger partial charge in [-0.3, -0.25) is 4.79 Å². The molecule has 0 saturated heterocycles. The van der Waals surface area contributed by atoms with E-state index < -0.39 is 11.9 Å². The number of ketones is 1. The van der Waals surface area contributed by atoms with Gasteiger partial charge in [-0.2, -0.15) is 0 Å². The molecule has 0 saturated carbocycles. The van der Waals surface area contributed by atoms with Crippen LogP contribution < -0.4 is 10.5 Å². The van der Waals surface area contributed by atoms with Gasteiger partial charge in [-0.15, -0.1) is 0 Å². The third kappa shape index (κ3) is 3.44. The van der Waals surface area contributed by atoms with Gasteiger partial charge < -0.3 is 19.9 Å². The highest BCUT2D eigenvalue weighted by Gasteiger charge is 2.45. The Balaban J connectivity index is 2.23. The van der Waals surface area contributed by atoms with E-state index in [0.717, 1.165) is 0 Å². The van der Waals surface area contributed by atoms with Crippen LogP contribution in [-0.4, -0.2) is 25.5 Å². The normalized spacial score (nSPS) is 21.5. The molecule has 0 radical (unpaired) electrons. The second-order valence-electron chi connectivity index (χ2n) is 7.55. The highest BCUT2D eigenvalue weighted by molar-refractivity contribution is 6.03. The number of hydrogen-bond donors (Lipinski definition) is 1. The van der Waals surface area contributed by atoms with Gasteiger partial charge in [-0.25, -0.2) is 4.79 Å². The summed E-state index contributed by atoms with van der Waals surface area (Å²) in [6, 6.07) is 7.35. The second kappa shape index (κ2) is 7.10. The minimum absolute atomic E-state index is 0.0256. The fraction of sp³-hybridized carbons (Fsp3) is 0.429. The lowest BCUT2D eigenvalue weighted by molar-refractivity contribution is -0.136. The highest BCUT2D eigenvalue weighted by Crippen LogP contribution is 2.49. The first-order valence-electron chi connectivity index (χ1n) is 9.03. The third-order valence-electron chi connectivity index (χ3n) is 4.89. The molecular weight excluding hydrogens is 346 g/mol. The van der Waals surface area contributed by atoms with Crippen molar-refractivity contribution in [2.75, 3.05) is 13.7 Å². The number of methoxy groups -OCH3 is 1. The molecule has 0 amide bonds. The minimum Gasteiger partial charge on any atom is -0.494 e. The summed E-state index contributed by atoms with van der Waals surface area (Å²) in [5.41, 5.74) is 7.19. The van der Waals surface area contributed by atoms with Crippen molar-refractivity contribution in [2.24, 2.45) is 11.1 Å². The van der Waals surface area contributed by atoms with Gasteiger partial charge in [0.25, 0.3) is 0 Å². The molecule has 1 aliphatic heterocycles. The van der Waals surface area contributed by atoms with Crippen LogP contribution in [0, 0.1) is 5.41 Å². The molecule has 1 atom stereocenters. The van der Waals surface area contributed by atoms with Gasteiger partial charge in [0.1, 0.15) is 17.1 Å². The standard InChI is InChI=1S/C21H25NO5/c1-5-26-14-9-7-6-8-12(14)16-17-13(23)10-21(2,3)11-15(17)27-19(22)18(16)20(24)25-4/h6-9,16H,5,10-11,22H2,1-4H3/t16-/m1/s1.